The van der Waals surface area contributed by atoms with Gasteiger partial charge in [-0.2, -0.15) is 0 Å². The fourth-order valence-electron chi connectivity index (χ4n) is 1.68. The van der Waals surface area contributed by atoms with E-state index in [4.69, 9.17) is 5.11 Å². The average molecular weight is 200 g/mol. The number of nitrogens with zero attached hydrogens (tertiary/aromatic N) is 1. The van der Waals surface area contributed by atoms with Crippen LogP contribution in [0.25, 0.3) is 0 Å². The summed E-state index contributed by atoms with van der Waals surface area (Å²) in [6.07, 6.45) is 0.0833. The van der Waals surface area contributed by atoms with E-state index in [1.807, 2.05) is 18.7 Å². The number of rotatable bonds is 3. The normalized spacial score (nSPS) is 25.6. The molecule has 1 saturated heterocycles. The molecule has 2 atom stereocenters. The van der Waals surface area contributed by atoms with Gasteiger partial charge >= 0.3 is 5.97 Å². The Morgan fingerprint density at radius 1 is 1.79 bits per heavy atom. The fourth-order valence-corrected chi connectivity index (χ4v) is 1.68. The lowest BCUT2D eigenvalue weighted by atomic mass is 10.1. The number of nitrogens with one attached hydrogen (secondary N) is 1. The van der Waals surface area contributed by atoms with Crippen LogP contribution in [0, 0.1) is 0 Å². The van der Waals surface area contributed by atoms with Gasteiger partial charge in [0.25, 0.3) is 0 Å². The number of carboxylic acid groups (broad SMARTS) is 1. The van der Waals surface area contributed by atoms with Crippen molar-refractivity contribution < 1.29 is 14.7 Å². The van der Waals surface area contributed by atoms with E-state index in [1.54, 1.807) is 0 Å². The number of aliphatic carboxylic acids is 1. The van der Waals surface area contributed by atoms with Gasteiger partial charge < -0.3 is 10.4 Å². The lowest BCUT2D eigenvalue weighted by Gasteiger charge is -2.34. The van der Waals surface area contributed by atoms with Gasteiger partial charge in [-0.25, -0.2) is 0 Å². The molecule has 14 heavy (non-hydrogen) atoms. The highest BCUT2D eigenvalue weighted by Gasteiger charge is 2.26. The Morgan fingerprint density at radius 2 is 2.43 bits per heavy atom. The number of hydrogen-bond acceptors (Lipinski definition) is 3. The zero-order valence-corrected chi connectivity index (χ0v) is 8.49. The summed E-state index contributed by atoms with van der Waals surface area (Å²) in [4.78, 5) is 23.6. The molecule has 0 aromatic heterocycles. The summed E-state index contributed by atoms with van der Waals surface area (Å²) in [6.45, 7) is 4.77. The predicted octanol–water partition coefficient (Wildman–Crippen LogP) is -0.330. The third kappa shape index (κ3) is 2.99. The van der Waals surface area contributed by atoms with Crippen LogP contribution in [0.15, 0.2) is 0 Å². The van der Waals surface area contributed by atoms with Gasteiger partial charge in [0.15, 0.2) is 0 Å². The molecule has 0 aromatic carbocycles. The number of amides is 1. The van der Waals surface area contributed by atoms with E-state index in [1.165, 1.54) is 0 Å². The molecular weight excluding hydrogens is 184 g/mol. The van der Waals surface area contributed by atoms with Crippen LogP contribution in [0.1, 0.15) is 20.3 Å². The summed E-state index contributed by atoms with van der Waals surface area (Å²) in [5.74, 6) is -0.850. The van der Waals surface area contributed by atoms with Gasteiger partial charge in [0.1, 0.15) is 0 Å². The second-order valence-corrected chi connectivity index (χ2v) is 3.84. The quantitative estimate of drug-likeness (QED) is 0.654. The molecule has 2 unspecified atom stereocenters. The Bertz CT molecular complexity index is 242. The molecular formula is C9H16N2O3. The summed E-state index contributed by atoms with van der Waals surface area (Å²) >= 11 is 0. The zero-order valence-electron chi connectivity index (χ0n) is 8.49. The molecule has 2 N–H and O–H groups in total. The van der Waals surface area contributed by atoms with Crippen molar-refractivity contribution in [2.75, 3.05) is 13.1 Å². The van der Waals surface area contributed by atoms with E-state index < -0.39 is 5.97 Å². The summed E-state index contributed by atoms with van der Waals surface area (Å²) in [5.41, 5.74) is 0. The molecule has 1 rings (SSSR count). The van der Waals surface area contributed by atoms with Gasteiger partial charge in [-0.3, -0.25) is 14.5 Å². The maximum absolute atomic E-state index is 11.2. The molecule has 0 spiro atoms. The van der Waals surface area contributed by atoms with E-state index in [0.717, 1.165) is 6.54 Å². The van der Waals surface area contributed by atoms with Crippen molar-refractivity contribution in [1.82, 2.24) is 10.2 Å². The topological polar surface area (TPSA) is 69.6 Å². The van der Waals surface area contributed by atoms with Crippen LogP contribution >= 0.6 is 0 Å². The Hall–Kier alpha value is -1.10. The first-order valence-corrected chi connectivity index (χ1v) is 4.74. The fraction of sp³-hybridized carbons (Fsp3) is 0.778. The third-order valence-corrected chi connectivity index (χ3v) is 2.36. The summed E-state index contributed by atoms with van der Waals surface area (Å²) in [6, 6.07) is 0.0218. The largest absolute Gasteiger partial charge is 0.481 e. The van der Waals surface area contributed by atoms with Crippen LogP contribution in [0.4, 0.5) is 0 Å². The first-order valence-electron chi connectivity index (χ1n) is 4.74. The zero-order chi connectivity index (χ0) is 10.7. The molecule has 5 nitrogen and oxygen atoms in total. The Kier molecular flexibility index (Phi) is 3.46. The molecule has 0 bridgehead atoms. The summed E-state index contributed by atoms with van der Waals surface area (Å²) in [5, 5.41) is 11.4. The van der Waals surface area contributed by atoms with Crippen molar-refractivity contribution in [2.45, 2.75) is 32.4 Å². The molecule has 5 heteroatoms. The van der Waals surface area contributed by atoms with Crippen molar-refractivity contribution in [3.8, 4) is 0 Å². The van der Waals surface area contributed by atoms with Gasteiger partial charge in [0, 0.05) is 18.6 Å². The molecule has 1 amide bonds. The van der Waals surface area contributed by atoms with Crippen LogP contribution in [0.3, 0.4) is 0 Å². The van der Waals surface area contributed by atoms with Gasteiger partial charge in [0.2, 0.25) is 5.91 Å². The summed E-state index contributed by atoms with van der Waals surface area (Å²) in [7, 11) is 0. The van der Waals surface area contributed by atoms with Crippen molar-refractivity contribution in [2.24, 2.45) is 0 Å². The van der Waals surface area contributed by atoms with Crippen LogP contribution < -0.4 is 5.32 Å². The maximum Gasteiger partial charge on any atom is 0.304 e. The smallest absolute Gasteiger partial charge is 0.304 e. The number of carbonyl (C=O) groups is 2. The van der Waals surface area contributed by atoms with Crippen LogP contribution in [-0.2, 0) is 9.59 Å². The third-order valence-electron chi connectivity index (χ3n) is 2.36. The molecule has 1 aliphatic rings. The lowest BCUT2D eigenvalue weighted by molar-refractivity contribution is -0.139. The number of hydrogen-bond donors (Lipinski definition) is 2. The first kappa shape index (κ1) is 11.0. The SMILES string of the molecule is CC1CN(C(C)CC(=O)O)CC(=O)N1. The van der Waals surface area contributed by atoms with Crippen molar-refractivity contribution in [1.29, 1.82) is 0 Å². The van der Waals surface area contributed by atoms with Gasteiger partial charge in [-0.1, -0.05) is 0 Å². The molecule has 0 radical (unpaired) electrons. The second-order valence-electron chi connectivity index (χ2n) is 3.84. The Morgan fingerprint density at radius 3 is 2.93 bits per heavy atom. The lowest BCUT2D eigenvalue weighted by Crippen LogP contribution is -2.55. The minimum atomic E-state index is -0.823. The van der Waals surface area contributed by atoms with E-state index in [9.17, 15) is 9.59 Å². The van der Waals surface area contributed by atoms with Gasteiger partial charge in [-0.15, -0.1) is 0 Å². The van der Waals surface area contributed by atoms with Crippen molar-refractivity contribution >= 4 is 11.9 Å². The van der Waals surface area contributed by atoms with E-state index >= 15 is 0 Å². The Balaban J connectivity index is 2.50. The van der Waals surface area contributed by atoms with Gasteiger partial charge in [0.05, 0.1) is 13.0 Å². The van der Waals surface area contributed by atoms with Crippen molar-refractivity contribution in [3.05, 3.63) is 0 Å². The predicted molar refractivity (Wildman–Crippen MR) is 50.9 cm³/mol. The molecule has 80 valence electrons. The molecule has 0 aromatic rings. The highest BCUT2D eigenvalue weighted by Crippen LogP contribution is 2.08. The molecule has 0 aliphatic carbocycles. The minimum absolute atomic E-state index is 0.0269. The molecule has 1 fully saturated rings. The maximum atomic E-state index is 11.2. The van der Waals surface area contributed by atoms with Crippen LogP contribution in [0.5, 0.6) is 0 Å². The second kappa shape index (κ2) is 4.41. The van der Waals surface area contributed by atoms with Crippen LogP contribution in [0.2, 0.25) is 0 Å². The van der Waals surface area contributed by atoms with Crippen molar-refractivity contribution in [3.63, 3.8) is 0 Å². The number of piperazine rings is 1. The Labute approximate surface area is 83.1 Å². The number of carboxylic acids is 1. The minimum Gasteiger partial charge on any atom is -0.481 e. The van der Waals surface area contributed by atoms with E-state index in [0.29, 0.717) is 6.54 Å². The molecule has 1 heterocycles. The highest BCUT2D eigenvalue weighted by molar-refractivity contribution is 5.79. The van der Waals surface area contributed by atoms with E-state index in [-0.39, 0.29) is 24.4 Å². The monoisotopic (exact) mass is 200 g/mol. The molecule has 1 aliphatic heterocycles. The van der Waals surface area contributed by atoms with Crippen LogP contribution in [-0.4, -0.2) is 47.1 Å². The number of carbonyl (C=O) groups excluding carboxylic acids is 1. The summed E-state index contributed by atoms with van der Waals surface area (Å²) < 4.78 is 0. The van der Waals surface area contributed by atoms with E-state index in [2.05, 4.69) is 5.32 Å². The molecule has 0 saturated carbocycles. The standard InChI is InChI=1S/C9H16N2O3/c1-6-4-11(5-8(12)10-6)7(2)3-9(13)14/h6-7H,3-5H2,1-2H3,(H,10,12)(H,13,14). The first-order chi connectivity index (χ1) is 6.49. The average Bonchev–Trinajstić information content (AvgIpc) is 2.00. The van der Waals surface area contributed by atoms with Gasteiger partial charge in [-0.05, 0) is 13.8 Å². The highest BCUT2D eigenvalue weighted by atomic mass is 16.4.